The molecule has 0 aliphatic heterocycles. The summed E-state index contributed by atoms with van der Waals surface area (Å²) in [6.07, 6.45) is 2.75. The molecule has 0 atom stereocenters. The molecule has 10 nitrogen and oxygen atoms in total. The highest BCUT2D eigenvalue weighted by molar-refractivity contribution is 7.46. The first-order valence-corrected chi connectivity index (χ1v) is 9.96. The van der Waals surface area contributed by atoms with Crippen molar-refractivity contribution in [3.05, 3.63) is 42.0 Å². The molecule has 2 rings (SSSR count). The Labute approximate surface area is 173 Å². The van der Waals surface area contributed by atoms with E-state index in [4.69, 9.17) is 28.7 Å². The van der Waals surface area contributed by atoms with Crippen molar-refractivity contribution >= 4 is 25.5 Å². The molecule has 0 aromatic heterocycles. The number of carbonyl (C=O) groups is 1. The molecule has 30 heavy (non-hydrogen) atoms. The summed E-state index contributed by atoms with van der Waals surface area (Å²) in [6, 6.07) is 7.42. The largest absolute Gasteiger partial charge is 0.524 e. The predicted octanol–water partition coefficient (Wildman–Crippen LogP) is 2.84. The van der Waals surface area contributed by atoms with Crippen molar-refractivity contribution in [3.63, 3.8) is 0 Å². The normalized spacial score (nSPS) is 11.1. The van der Waals surface area contributed by atoms with Gasteiger partial charge in [-0.05, 0) is 18.2 Å². The van der Waals surface area contributed by atoms with Gasteiger partial charge in [0.1, 0.15) is 17.2 Å². The Kier molecular flexibility index (Phi) is 7.71. The molecule has 0 saturated carbocycles. The molecule has 0 heterocycles. The Hall–Kier alpha value is -3.20. The number of rotatable bonds is 9. The van der Waals surface area contributed by atoms with Crippen molar-refractivity contribution in [2.75, 3.05) is 33.8 Å². The van der Waals surface area contributed by atoms with Crippen molar-refractivity contribution in [3.8, 4) is 28.7 Å². The molecule has 0 spiro atoms. The van der Waals surface area contributed by atoms with E-state index in [1.807, 2.05) is 0 Å². The minimum Gasteiger partial charge on any atom is -0.496 e. The summed E-state index contributed by atoms with van der Waals surface area (Å²) in [6.45, 7) is 0. The molecule has 162 valence electrons. The minimum atomic E-state index is -4.80. The van der Waals surface area contributed by atoms with Crippen LogP contribution in [-0.2, 0) is 9.36 Å². The number of amides is 1. The molecule has 0 aliphatic rings. The van der Waals surface area contributed by atoms with Crippen molar-refractivity contribution < 1.29 is 42.6 Å². The number of hydrogen-bond donors (Lipinski definition) is 3. The maximum Gasteiger partial charge on any atom is 0.524 e. The van der Waals surface area contributed by atoms with Gasteiger partial charge in [0, 0.05) is 30.0 Å². The smallest absolute Gasteiger partial charge is 0.496 e. The predicted molar refractivity (Wildman–Crippen MR) is 109 cm³/mol. The quantitative estimate of drug-likeness (QED) is 0.398. The number of hydrogen-bond acceptors (Lipinski definition) is 7. The van der Waals surface area contributed by atoms with Crippen molar-refractivity contribution in [2.24, 2.45) is 0 Å². The SMILES string of the molecule is COc1cc(OC)c(C=CC(=O)Nc2ccc(OC)c(OP(=O)(O)O)c2)c(OC)c1. The van der Waals surface area contributed by atoms with Crippen LogP contribution in [0.15, 0.2) is 36.4 Å². The molecule has 2 aromatic carbocycles. The van der Waals surface area contributed by atoms with Crippen LogP contribution in [0.2, 0.25) is 0 Å². The van der Waals surface area contributed by atoms with Crippen LogP contribution < -0.4 is 28.8 Å². The Morgan fingerprint density at radius 2 is 1.50 bits per heavy atom. The molecule has 0 unspecified atom stereocenters. The highest BCUT2D eigenvalue weighted by atomic mass is 31.2. The van der Waals surface area contributed by atoms with Gasteiger partial charge >= 0.3 is 7.82 Å². The Bertz CT molecular complexity index is 959. The number of phosphoric acid groups is 1. The topological polar surface area (TPSA) is 133 Å². The summed E-state index contributed by atoms with van der Waals surface area (Å²) in [4.78, 5) is 30.4. The van der Waals surface area contributed by atoms with E-state index < -0.39 is 13.7 Å². The summed E-state index contributed by atoms with van der Waals surface area (Å²) in [5.41, 5.74) is 0.763. The first kappa shape index (κ1) is 23.1. The fourth-order valence-corrected chi connectivity index (χ4v) is 2.89. The zero-order valence-electron chi connectivity index (χ0n) is 16.7. The first-order chi connectivity index (χ1) is 14.2. The van der Waals surface area contributed by atoms with Crippen LogP contribution >= 0.6 is 7.82 Å². The van der Waals surface area contributed by atoms with E-state index in [1.54, 1.807) is 12.1 Å². The van der Waals surface area contributed by atoms with E-state index in [0.717, 1.165) is 0 Å². The van der Waals surface area contributed by atoms with Gasteiger partial charge in [0.15, 0.2) is 11.5 Å². The lowest BCUT2D eigenvalue weighted by Crippen LogP contribution is -2.08. The molecule has 11 heteroatoms. The van der Waals surface area contributed by atoms with Gasteiger partial charge in [-0.3, -0.25) is 14.6 Å². The van der Waals surface area contributed by atoms with Crippen LogP contribution in [0, 0.1) is 0 Å². The first-order valence-electron chi connectivity index (χ1n) is 8.43. The van der Waals surface area contributed by atoms with E-state index in [2.05, 4.69) is 9.84 Å². The van der Waals surface area contributed by atoms with Gasteiger partial charge in [0.25, 0.3) is 0 Å². The van der Waals surface area contributed by atoms with E-state index in [1.165, 1.54) is 58.8 Å². The molecule has 3 N–H and O–H groups in total. The second-order valence-electron chi connectivity index (χ2n) is 5.72. The molecule has 0 bridgehead atoms. The molecule has 0 fully saturated rings. The Morgan fingerprint density at radius 1 is 0.900 bits per heavy atom. The minimum absolute atomic E-state index is 0.0968. The standard InChI is InChI=1S/C19H22NO9P/c1-25-13-10-16(27-3)14(17(11-13)28-4)6-8-19(21)20-12-5-7-15(26-2)18(9-12)29-30(22,23)24/h5-11H,1-4H3,(H,20,21)(H2,22,23,24). The summed E-state index contributed by atoms with van der Waals surface area (Å²) < 4.78 is 36.5. The van der Waals surface area contributed by atoms with Crippen LogP contribution in [0.25, 0.3) is 6.08 Å². The maximum absolute atomic E-state index is 12.3. The summed E-state index contributed by atoms with van der Waals surface area (Å²) >= 11 is 0. The van der Waals surface area contributed by atoms with E-state index >= 15 is 0 Å². The van der Waals surface area contributed by atoms with Gasteiger partial charge < -0.3 is 28.8 Å². The van der Waals surface area contributed by atoms with Gasteiger partial charge in [0.2, 0.25) is 5.91 Å². The van der Waals surface area contributed by atoms with Gasteiger partial charge in [-0.25, -0.2) is 4.57 Å². The second kappa shape index (κ2) is 10.0. The monoisotopic (exact) mass is 439 g/mol. The lowest BCUT2D eigenvalue weighted by atomic mass is 10.1. The third-order valence-electron chi connectivity index (χ3n) is 3.80. The van der Waals surface area contributed by atoms with E-state index in [9.17, 15) is 9.36 Å². The molecule has 2 aromatic rings. The lowest BCUT2D eigenvalue weighted by Gasteiger charge is -2.13. The summed E-state index contributed by atoms with van der Waals surface area (Å²) in [5.74, 6) is 0.781. The number of ether oxygens (including phenoxy) is 4. The number of anilines is 1. The van der Waals surface area contributed by atoms with E-state index in [-0.39, 0.29) is 17.2 Å². The highest BCUT2D eigenvalue weighted by Gasteiger charge is 2.19. The van der Waals surface area contributed by atoms with Crippen LogP contribution in [0.5, 0.6) is 28.7 Å². The average molecular weight is 439 g/mol. The maximum atomic E-state index is 12.3. The van der Waals surface area contributed by atoms with Crippen LogP contribution in [0.1, 0.15) is 5.56 Å². The molecule has 0 radical (unpaired) electrons. The van der Waals surface area contributed by atoms with E-state index in [0.29, 0.717) is 22.8 Å². The van der Waals surface area contributed by atoms with Crippen molar-refractivity contribution in [1.82, 2.24) is 0 Å². The number of methoxy groups -OCH3 is 4. The van der Waals surface area contributed by atoms with Crippen LogP contribution in [0.4, 0.5) is 5.69 Å². The Balaban J connectivity index is 2.25. The van der Waals surface area contributed by atoms with Gasteiger partial charge in [-0.15, -0.1) is 0 Å². The van der Waals surface area contributed by atoms with Gasteiger partial charge in [0.05, 0.1) is 34.0 Å². The Morgan fingerprint density at radius 3 is 2.00 bits per heavy atom. The highest BCUT2D eigenvalue weighted by Crippen LogP contribution is 2.43. The van der Waals surface area contributed by atoms with Gasteiger partial charge in [-0.2, -0.15) is 0 Å². The van der Waals surface area contributed by atoms with Crippen molar-refractivity contribution in [1.29, 1.82) is 0 Å². The fraction of sp³-hybridized carbons (Fsp3) is 0.211. The molecule has 0 saturated heterocycles. The number of carbonyl (C=O) groups excluding carboxylic acids is 1. The molecule has 0 aliphatic carbocycles. The molecule has 1 amide bonds. The number of benzene rings is 2. The average Bonchev–Trinajstić information content (AvgIpc) is 2.70. The zero-order valence-corrected chi connectivity index (χ0v) is 17.6. The third kappa shape index (κ3) is 6.15. The molecular weight excluding hydrogens is 417 g/mol. The van der Waals surface area contributed by atoms with Crippen LogP contribution in [0.3, 0.4) is 0 Å². The number of phosphoric ester groups is 1. The van der Waals surface area contributed by atoms with Gasteiger partial charge in [-0.1, -0.05) is 0 Å². The lowest BCUT2D eigenvalue weighted by molar-refractivity contribution is -0.111. The second-order valence-corrected chi connectivity index (χ2v) is 6.88. The summed E-state index contributed by atoms with van der Waals surface area (Å²) in [5, 5.41) is 2.57. The molecular formula is C19H22NO9P. The van der Waals surface area contributed by atoms with Crippen molar-refractivity contribution in [2.45, 2.75) is 0 Å². The fourth-order valence-electron chi connectivity index (χ4n) is 2.49. The number of nitrogens with one attached hydrogen (secondary N) is 1. The third-order valence-corrected chi connectivity index (χ3v) is 4.24. The summed E-state index contributed by atoms with van der Waals surface area (Å²) in [7, 11) is 0.979. The van der Waals surface area contributed by atoms with Crippen LogP contribution in [-0.4, -0.2) is 44.1 Å². The zero-order chi connectivity index (χ0) is 22.3.